The second kappa shape index (κ2) is 5.17. The van der Waals surface area contributed by atoms with Gasteiger partial charge in [0.1, 0.15) is 12.1 Å². The summed E-state index contributed by atoms with van der Waals surface area (Å²) in [6.07, 6.45) is 1.58. The van der Waals surface area contributed by atoms with E-state index in [9.17, 15) is 0 Å². The van der Waals surface area contributed by atoms with Gasteiger partial charge in [0.2, 0.25) is 0 Å². The van der Waals surface area contributed by atoms with E-state index in [4.69, 9.17) is 0 Å². The van der Waals surface area contributed by atoms with Crippen LogP contribution in [0.25, 0.3) is 10.9 Å². The van der Waals surface area contributed by atoms with E-state index in [0.29, 0.717) is 0 Å². The molecule has 4 heteroatoms. The highest BCUT2D eigenvalue weighted by Crippen LogP contribution is 2.25. The lowest BCUT2D eigenvalue weighted by Crippen LogP contribution is -1.97. The summed E-state index contributed by atoms with van der Waals surface area (Å²) in [5.74, 6) is 0.817. The Bertz CT molecular complexity index is 752. The molecule has 1 heterocycles. The number of anilines is 3. The second-order valence-electron chi connectivity index (χ2n) is 4.70. The zero-order valence-corrected chi connectivity index (χ0v) is 11.5. The summed E-state index contributed by atoms with van der Waals surface area (Å²) < 4.78 is 0. The molecule has 100 valence electrons. The van der Waals surface area contributed by atoms with E-state index in [1.807, 2.05) is 37.4 Å². The van der Waals surface area contributed by atoms with Crippen molar-refractivity contribution in [3.63, 3.8) is 0 Å². The Morgan fingerprint density at radius 3 is 2.65 bits per heavy atom. The molecule has 0 fully saturated rings. The van der Waals surface area contributed by atoms with Crippen LogP contribution >= 0.6 is 0 Å². The topological polar surface area (TPSA) is 49.8 Å². The van der Waals surface area contributed by atoms with Crippen LogP contribution in [0.1, 0.15) is 5.56 Å². The van der Waals surface area contributed by atoms with Crippen molar-refractivity contribution in [1.29, 1.82) is 0 Å². The number of rotatable bonds is 3. The van der Waals surface area contributed by atoms with Crippen molar-refractivity contribution in [2.45, 2.75) is 6.92 Å². The Balaban J connectivity index is 2.06. The van der Waals surface area contributed by atoms with Gasteiger partial charge in [-0.2, -0.15) is 0 Å². The van der Waals surface area contributed by atoms with Crippen LogP contribution in [0.3, 0.4) is 0 Å². The maximum atomic E-state index is 4.36. The van der Waals surface area contributed by atoms with E-state index in [-0.39, 0.29) is 0 Å². The lowest BCUT2D eigenvalue weighted by molar-refractivity contribution is 1.22. The highest BCUT2D eigenvalue weighted by atomic mass is 15.0. The van der Waals surface area contributed by atoms with Gasteiger partial charge in [-0.05, 0) is 42.8 Å². The predicted molar refractivity (Wildman–Crippen MR) is 83.5 cm³/mol. The molecule has 0 bridgehead atoms. The van der Waals surface area contributed by atoms with Crippen molar-refractivity contribution < 1.29 is 0 Å². The van der Waals surface area contributed by atoms with E-state index in [0.717, 1.165) is 28.1 Å². The zero-order valence-electron chi connectivity index (χ0n) is 11.5. The first-order valence-corrected chi connectivity index (χ1v) is 6.52. The van der Waals surface area contributed by atoms with Gasteiger partial charge in [0.15, 0.2) is 0 Å². The fourth-order valence-electron chi connectivity index (χ4n) is 2.17. The summed E-state index contributed by atoms with van der Waals surface area (Å²) in [6.45, 7) is 2.07. The van der Waals surface area contributed by atoms with Gasteiger partial charge in [-0.3, -0.25) is 0 Å². The molecular weight excluding hydrogens is 248 g/mol. The summed E-state index contributed by atoms with van der Waals surface area (Å²) in [7, 11) is 1.90. The van der Waals surface area contributed by atoms with E-state index in [1.165, 1.54) is 5.56 Å². The first-order valence-electron chi connectivity index (χ1n) is 6.52. The van der Waals surface area contributed by atoms with Crippen molar-refractivity contribution in [3.8, 4) is 0 Å². The second-order valence-corrected chi connectivity index (χ2v) is 4.70. The number of nitrogens with zero attached hydrogens (tertiary/aromatic N) is 2. The molecule has 0 saturated heterocycles. The van der Waals surface area contributed by atoms with Crippen LogP contribution in [0.4, 0.5) is 17.2 Å². The van der Waals surface area contributed by atoms with Crippen molar-refractivity contribution >= 4 is 28.1 Å². The largest absolute Gasteiger partial charge is 0.388 e. The summed E-state index contributed by atoms with van der Waals surface area (Å²) in [4.78, 5) is 8.65. The molecule has 0 aliphatic rings. The summed E-state index contributed by atoms with van der Waals surface area (Å²) in [5, 5.41) is 7.50. The number of benzene rings is 2. The van der Waals surface area contributed by atoms with E-state index in [2.05, 4.69) is 39.7 Å². The molecule has 0 aliphatic carbocycles. The van der Waals surface area contributed by atoms with Gasteiger partial charge >= 0.3 is 0 Å². The van der Waals surface area contributed by atoms with Crippen molar-refractivity contribution in [2.75, 3.05) is 17.7 Å². The standard InChI is InChI=1S/C16H16N4/c1-11-4-3-5-13(8-11)20-16-14-9-12(17-2)6-7-15(14)18-10-19-16/h3-10,17H,1-2H3,(H,18,19,20). The van der Waals surface area contributed by atoms with Crippen molar-refractivity contribution in [1.82, 2.24) is 9.97 Å². The minimum Gasteiger partial charge on any atom is -0.388 e. The molecule has 0 saturated carbocycles. The minimum absolute atomic E-state index is 0.817. The Hall–Kier alpha value is -2.62. The number of aryl methyl sites for hydroxylation is 1. The van der Waals surface area contributed by atoms with Gasteiger partial charge in [-0.1, -0.05) is 12.1 Å². The number of aromatic nitrogens is 2. The predicted octanol–water partition coefficient (Wildman–Crippen LogP) is 3.72. The Kier molecular flexibility index (Phi) is 3.21. The van der Waals surface area contributed by atoms with E-state index >= 15 is 0 Å². The first-order chi connectivity index (χ1) is 9.76. The fourth-order valence-corrected chi connectivity index (χ4v) is 2.17. The molecule has 3 aromatic rings. The number of hydrogen-bond acceptors (Lipinski definition) is 4. The first kappa shape index (κ1) is 12.4. The molecular formula is C16H16N4. The van der Waals surface area contributed by atoms with Crippen LogP contribution in [0, 0.1) is 6.92 Å². The van der Waals surface area contributed by atoms with Crippen LogP contribution in [0.5, 0.6) is 0 Å². The molecule has 1 aromatic heterocycles. The van der Waals surface area contributed by atoms with Crippen molar-refractivity contribution in [3.05, 3.63) is 54.4 Å². The monoisotopic (exact) mass is 264 g/mol. The SMILES string of the molecule is CNc1ccc2ncnc(Nc3cccc(C)c3)c2c1. The molecule has 0 spiro atoms. The van der Waals surface area contributed by atoms with Gasteiger partial charge in [0.25, 0.3) is 0 Å². The summed E-state index contributed by atoms with van der Waals surface area (Å²) >= 11 is 0. The third kappa shape index (κ3) is 2.40. The van der Waals surface area contributed by atoms with Crippen LogP contribution in [-0.4, -0.2) is 17.0 Å². The third-order valence-corrected chi connectivity index (χ3v) is 3.20. The average Bonchev–Trinajstić information content (AvgIpc) is 2.47. The molecule has 2 aromatic carbocycles. The summed E-state index contributed by atoms with van der Waals surface area (Å²) in [5.41, 5.74) is 4.21. The lowest BCUT2D eigenvalue weighted by atomic mass is 10.2. The van der Waals surface area contributed by atoms with Gasteiger partial charge in [-0.25, -0.2) is 9.97 Å². The molecule has 20 heavy (non-hydrogen) atoms. The van der Waals surface area contributed by atoms with Crippen LogP contribution < -0.4 is 10.6 Å². The normalized spacial score (nSPS) is 10.5. The Labute approximate surface area is 117 Å². The molecule has 4 nitrogen and oxygen atoms in total. The highest BCUT2D eigenvalue weighted by Gasteiger charge is 2.05. The van der Waals surface area contributed by atoms with Crippen LogP contribution in [0.2, 0.25) is 0 Å². The van der Waals surface area contributed by atoms with Gasteiger partial charge in [0, 0.05) is 23.8 Å². The van der Waals surface area contributed by atoms with Crippen LogP contribution in [0.15, 0.2) is 48.8 Å². The average molecular weight is 264 g/mol. The molecule has 2 N–H and O–H groups in total. The van der Waals surface area contributed by atoms with Gasteiger partial charge in [-0.15, -0.1) is 0 Å². The number of hydrogen-bond donors (Lipinski definition) is 2. The van der Waals surface area contributed by atoms with Crippen molar-refractivity contribution in [2.24, 2.45) is 0 Å². The highest BCUT2D eigenvalue weighted by molar-refractivity contribution is 5.92. The maximum Gasteiger partial charge on any atom is 0.141 e. The Morgan fingerprint density at radius 2 is 1.85 bits per heavy atom. The van der Waals surface area contributed by atoms with E-state index in [1.54, 1.807) is 6.33 Å². The summed E-state index contributed by atoms with van der Waals surface area (Å²) in [6, 6.07) is 14.3. The molecule has 3 rings (SSSR count). The van der Waals surface area contributed by atoms with Gasteiger partial charge < -0.3 is 10.6 Å². The number of fused-ring (bicyclic) bond motifs is 1. The lowest BCUT2D eigenvalue weighted by Gasteiger charge is -2.10. The fraction of sp³-hybridized carbons (Fsp3) is 0.125. The van der Waals surface area contributed by atoms with E-state index < -0.39 is 0 Å². The molecule has 0 aliphatic heterocycles. The number of nitrogens with one attached hydrogen (secondary N) is 2. The van der Waals surface area contributed by atoms with Gasteiger partial charge in [0.05, 0.1) is 5.52 Å². The smallest absolute Gasteiger partial charge is 0.141 e. The molecule has 0 atom stereocenters. The maximum absolute atomic E-state index is 4.36. The Morgan fingerprint density at radius 1 is 0.950 bits per heavy atom. The molecule has 0 amide bonds. The molecule has 0 unspecified atom stereocenters. The molecule has 0 radical (unpaired) electrons. The zero-order chi connectivity index (χ0) is 13.9. The quantitative estimate of drug-likeness (QED) is 0.757. The third-order valence-electron chi connectivity index (χ3n) is 3.20. The minimum atomic E-state index is 0.817. The van der Waals surface area contributed by atoms with Crippen LogP contribution in [-0.2, 0) is 0 Å².